The molecule has 0 bridgehead atoms. The van der Waals surface area contributed by atoms with Crippen LogP contribution in [0.3, 0.4) is 0 Å². The highest BCUT2D eigenvalue weighted by atomic mass is 35.5. The Hall–Kier alpha value is -0.240. The Kier molecular flexibility index (Phi) is 0.965. The van der Waals surface area contributed by atoms with E-state index in [1.165, 1.54) is 0 Å². The van der Waals surface area contributed by atoms with Crippen molar-refractivity contribution in [2.45, 2.75) is 5.50 Å². The molecule has 3 heteroatoms. The molecule has 0 aliphatic carbocycles. The average molecular weight is 103 g/mol. The van der Waals surface area contributed by atoms with Crippen LogP contribution in [0.5, 0.6) is 0 Å². The predicted molar refractivity (Wildman–Crippen MR) is 24.1 cm³/mol. The maximum absolute atomic E-state index is 5.39. The van der Waals surface area contributed by atoms with Crippen LogP contribution in [0.25, 0.3) is 0 Å². The van der Waals surface area contributed by atoms with Crippen LogP contribution in [0.1, 0.15) is 0 Å². The Morgan fingerprint density at radius 1 is 1.83 bits per heavy atom. The third-order valence-corrected chi connectivity index (χ3v) is 0.746. The van der Waals surface area contributed by atoms with Crippen LogP contribution >= 0.6 is 11.6 Å². The number of halogens is 1. The standard InChI is InChI=1S/C3H3ClN2/c4-3-1-5-2-6-3/h3H,1H2. The van der Waals surface area contributed by atoms with Crippen molar-refractivity contribution in [2.75, 3.05) is 6.54 Å². The van der Waals surface area contributed by atoms with Crippen LogP contribution in [0.2, 0.25) is 0 Å². The van der Waals surface area contributed by atoms with Gasteiger partial charge < -0.3 is 0 Å². The Labute approximate surface area is 41.2 Å². The topological polar surface area (TPSA) is 26.5 Å². The van der Waals surface area contributed by atoms with Crippen molar-refractivity contribution in [1.29, 1.82) is 0 Å². The van der Waals surface area contributed by atoms with Gasteiger partial charge in [0.1, 0.15) is 5.50 Å². The summed E-state index contributed by atoms with van der Waals surface area (Å²) >= 11 is 5.39. The van der Waals surface area contributed by atoms with Crippen LogP contribution in [-0.4, -0.2) is 18.4 Å². The van der Waals surface area contributed by atoms with E-state index in [9.17, 15) is 0 Å². The Morgan fingerprint density at radius 3 is 2.83 bits per heavy atom. The smallest absolute Gasteiger partial charge is 0.189 e. The summed E-state index contributed by atoms with van der Waals surface area (Å²) in [5.74, 6) is 0. The van der Waals surface area contributed by atoms with Crippen molar-refractivity contribution in [3.8, 4) is 0 Å². The van der Waals surface area contributed by atoms with E-state index in [-0.39, 0.29) is 5.50 Å². The molecule has 2 nitrogen and oxygen atoms in total. The molecule has 0 spiro atoms. The second kappa shape index (κ2) is 1.47. The van der Waals surface area contributed by atoms with E-state index in [2.05, 4.69) is 16.6 Å². The molecule has 32 valence electrons. The molecule has 2 radical (unpaired) electrons. The first-order chi connectivity index (χ1) is 2.89. The van der Waals surface area contributed by atoms with Crippen LogP contribution in [0, 0.1) is 0 Å². The van der Waals surface area contributed by atoms with E-state index < -0.39 is 0 Å². The maximum atomic E-state index is 5.39. The number of nitrogens with zero attached hydrogens (tertiary/aromatic N) is 2. The van der Waals surface area contributed by atoms with Crippen molar-refractivity contribution in [3.05, 3.63) is 0 Å². The predicted octanol–water partition coefficient (Wildman–Crippen LogP) is 0.0746. The van der Waals surface area contributed by atoms with Gasteiger partial charge in [-0.05, 0) is 0 Å². The molecule has 0 saturated heterocycles. The summed E-state index contributed by atoms with van der Waals surface area (Å²) in [6.45, 7) is 0.599. The van der Waals surface area contributed by atoms with Crippen molar-refractivity contribution < 1.29 is 0 Å². The van der Waals surface area contributed by atoms with Gasteiger partial charge in [-0.25, -0.2) is 4.99 Å². The maximum Gasteiger partial charge on any atom is 0.189 e. The summed E-state index contributed by atoms with van der Waals surface area (Å²) in [4.78, 5) is 3.58. The zero-order valence-corrected chi connectivity index (χ0v) is 3.81. The number of aliphatic imine (C=N–C) groups is 1. The summed E-state index contributed by atoms with van der Waals surface area (Å²) in [7, 11) is 0. The van der Waals surface area contributed by atoms with E-state index in [1.807, 2.05) is 0 Å². The number of hydrogen-bond acceptors (Lipinski definition) is 1. The molecule has 1 heterocycles. The number of hydrogen-bond donors (Lipinski definition) is 0. The minimum atomic E-state index is -0.134. The molecule has 1 atom stereocenters. The first-order valence-corrected chi connectivity index (χ1v) is 2.08. The van der Waals surface area contributed by atoms with Crippen LogP contribution in [-0.2, 0) is 0 Å². The largest absolute Gasteiger partial charge is 0.260 e. The molecule has 0 aromatic carbocycles. The SMILES string of the molecule is ClC1C[N][C]=N1. The van der Waals surface area contributed by atoms with E-state index in [1.54, 1.807) is 0 Å². The van der Waals surface area contributed by atoms with Gasteiger partial charge in [-0.1, -0.05) is 11.6 Å². The van der Waals surface area contributed by atoms with E-state index in [0.717, 1.165) is 0 Å². The minimum Gasteiger partial charge on any atom is -0.260 e. The second-order valence-electron chi connectivity index (χ2n) is 1.00. The molecule has 6 heavy (non-hydrogen) atoms. The molecule has 0 saturated carbocycles. The molecule has 1 aliphatic heterocycles. The van der Waals surface area contributed by atoms with Crippen LogP contribution in [0.15, 0.2) is 4.99 Å². The van der Waals surface area contributed by atoms with E-state index in [0.29, 0.717) is 6.54 Å². The van der Waals surface area contributed by atoms with Gasteiger partial charge in [-0.2, -0.15) is 0 Å². The Bertz CT molecular complexity index is 71.2. The van der Waals surface area contributed by atoms with Crippen molar-refractivity contribution in [1.82, 2.24) is 5.32 Å². The van der Waals surface area contributed by atoms with Gasteiger partial charge in [0, 0.05) is 0 Å². The molecule has 1 unspecified atom stereocenters. The van der Waals surface area contributed by atoms with Gasteiger partial charge in [-0.3, -0.25) is 5.32 Å². The van der Waals surface area contributed by atoms with Gasteiger partial charge >= 0.3 is 0 Å². The minimum absolute atomic E-state index is 0.134. The summed E-state index contributed by atoms with van der Waals surface area (Å²) in [5, 5.41) is 3.62. The van der Waals surface area contributed by atoms with Crippen LogP contribution in [0.4, 0.5) is 0 Å². The highest BCUT2D eigenvalue weighted by Crippen LogP contribution is 1.97. The summed E-state index contributed by atoms with van der Waals surface area (Å²) in [6, 6.07) is 0. The highest BCUT2D eigenvalue weighted by Gasteiger charge is 2.04. The number of rotatable bonds is 0. The fraction of sp³-hybridized carbons (Fsp3) is 0.667. The lowest BCUT2D eigenvalue weighted by atomic mass is 10.7. The zero-order valence-electron chi connectivity index (χ0n) is 3.06. The number of alkyl halides is 1. The molecule has 0 fully saturated rings. The quantitative estimate of drug-likeness (QED) is 0.306. The molecule has 0 aromatic rings. The second-order valence-corrected chi connectivity index (χ2v) is 1.51. The first kappa shape index (κ1) is 3.93. The third-order valence-electron chi connectivity index (χ3n) is 0.510. The van der Waals surface area contributed by atoms with Gasteiger partial charge in [0.15, 0.2) is 6.34 Å². The lowest BCUT2D eigenvalue weighted by molar-refractivity contribution is 0.893. The van der Waals surface area contributed by atoms with Gasteiger partial charge in [0.2, 0.25) is 0 Å². The van der Waals surface area contributed by atoms with Crippen molar-refractivity contribution in [3.63, 3.8) is 0 Å². The van der Waals surface area contributed by atoms with Crippen LogP contribution < -0.4 is 5.32 Å². The molecular weight excluding hydrogens is 99.5 g/mol. The van der Waals surface area contributed by atoms with Gasteiger partial charge in [-0.15, -0.1) is 0 Å². The lowest BCUT2D eigenvalue weighted by Gasteiger charge is -1.84. The zero-order chi connectivity index (χ0) is 4.41. The Morgan fingerprint density at radius 2 is 2.67 bits per heavy atom. The monoisotopic (exact) mass is 102 g/mol. The fourth-order valence-electron chi connectivity index (χ4n) is 0.260. The summed E-state index contributed by atoms with van der Waals surface area (Å²) in [5.41, 5.74) is -0.134. The summed E-state index contributed by atoms with van der Waals surface area (Å²) < 4.78 is 0. The van der Waals surface area contributed by atoms with Gasteiger partial charge in [0.25, 0.3) is 0 Å². The lowest BCUT2D eigenvalue weighted by Crippen LogP contribution is -2.01. The normalized spacial score (nSPS) is 30.5. The third kappa shape index (κ3) is 0.627. The molecule has 1 aliphatic rings. The van der Waals surface area contributed by atoms with Crippen molar-refractivity contribution in [2.24, 2.45) is 4.99 Å². The van der Waals surface area contributed by atoms with E-state index >= 15 is 0 Å². The van der Waals surface area contributed by atoms with E-state index in [4.69, 9.17) is 11.6 Å². The molecule has 0 N–H and O–H groups in total. The first-order valence-electron chi connectivity index (χ1n) is 1.65. The highest BCUT2D eigenvalue weighted by molar-refractivity contribution is 6.21. The average Bonchev–Trinajstić information content (AvgIpc) is 1.86. The molecule has 0 amide bonds. The Balaban J connectivity index is 2.38. The molecule has 0 aromatic heterocycles. The fourth-order valence-corrected chi connectivity index (χ4v) is 0.373. The van der Waals surface area contributed by atoms with Gasteiger partial charge in [0.05, 0.1) is 6.54 Å². The molecule has 1 rings (SSSR count). The van der Waals surface area contributed by atoms with Crippen molar-refractivity contribution >= 4 is 17.9 Å². The summed E-state index contributed by atoms with van der Waals surface area (Å²) in [6.07, 6.45) is 2.39. The molecular formula is C3H3ClN2.